The van der Waals surface area contributed by atoms with E-state index in [1.54, 1.807) is 13.1 Å². The second kappa shape index (κ2) is 5.02. The van der Waals surface area contributed by atoms with E-state index in [1.807, 2.05) is 13.8 Å². The lowest BCUT2D eigenvalue weighted by Gasteiger charge is -2.10. The number of hydrogen-bond acceptors (Lipinski definition) is 3. The maximum absolute atomic E-state index is 13.3. The van der Waals surface area contributed by atoms with E-state index in [0.717, 1.165) is 15.7 Å². The minimum absolute atomic E-state index is 0.286. The molecule has 3 nitrogen and oxygen atoms in total. The predicted molar refractivity (Wildman–Crippen MR) is 74.1 cm³/mol. The molecule has 0 saturated carbocycles. The van der Waals surface area contributed by atoms with Gasteiger partial charge in [-0.15, -0.1) is 0 Å². The summed E-state index contributed by atoms with van der Waals surface area (Å²) in [6, 6.07) is 4.62. The second-order valence-corrected chi connectivity index (χ2v) is 4.80. The van der Waals surface area contributed by atoms with Gasteiger partial charge in [0.05, 0.1) is 10.2 Å². The van der Waals surface area contributed by atoms with Gasteiger partial charge in [-0.25, -0.2) is 14.4 Å². The van der Waals surface area contributed by atoms with Crippen LogP contribution in [-0.4, -0.2) is 17.0 Å². The zero-order valence-electron chi connectivity index (χ0n) is 10.4. The minimum atomic E-state index is -0.286. The molecule has 1 heterocycles. The van der Waals surface area contributed by atoms with Crippen molar-refractivity contribution in [1.82, 2.24) is 9.97 Å². The Kier molecular flexibility index (Phi) is 3.61. The normalized spacial score (nSPS) is 10.5. The number of aryl methyl sites for hydroxylation is 2. The summed E-state index contributed by atoms with van der Waals surface area (Å²) in [6.07, 6.45) is 0. The van der Waals surface area contributed by atoms with Crippen molar-refractivity contribution >= 4 is 21.7 Å². The van der Waals surface area contributed by atoms with Crippen LogP contribution in [0.4, 0.5) is 10.2 Å². The van der Waals surface area contributed by atoms with Gasteiger partial charge in [0, 0.05) is 12.6 Å². The fraction of sp³-hybridized carbons (Fsp3) is 0.231. The summed E-state index contributed by atoms with van der Waals surface area (Å²) in [5.41, 5.74) is 2.47. The molecule has 2 aromatic rings. The first-order valence-corrected chi connectivity index (χ1v) is 6.30. The second-order valence-electron chi connectivity index (χ2n) is 4.00. The number of rotatable bonds is 2. The molecule has 1 N–H and O–H groups in total. The van der Waals surface area contributed by atoms with Gasteiger partial charge in [0.2, 0.25) is 0 Å². The van der Waals surface area contributed by atoms with Crippen molar-refractivity contribution in [3.8, 4) is 11.4 Å². The van der Waals surface area contributed by atoms with Gasteiger partial charge in [-0.2, -0.15) is 0 Å². The lowest BCUT2D eigenvalue weighted by Crippen LogP contribution is -2.01. The third-order valence-corrected chi connectivity index (χ3v) is 3.64. The average Bonchev–Trinajstić information content (AvgIpc) is 2.35. The molecular weight excluding hydrogens is 297 g/mol. The standard InChI is InChI=1S/C13H13BrFN3/c1-7-4-5-9(15)6-10(7)12-17-8(2)11(14)13(16-3)18-12/h4-6H,1-3H3,(H,16,17,18). The highest BCUT2D eigenvalue weighted by Gasteiger charge is 2.12. The molecule has 94 valence electrons. The van der Waals surface area contributed by atoms with Crippen LogP contribution >= 0.6 is 15.9 Å². The predicted octanol–water partition coefficient (Wildman–Crippen LogP) is 3.70. The van der Waals surface area contributed by atoms with Gasteiger partial charge in [-0.3, -0.25) is 0 Å². The summed E-state index contributed by atoms with van der Waals surface area (Å²) in [7, 11) is 1.79. The molecule has 0 bridgehead atoms. The summed E-state index contributed by atoms with van der Waals surface area (Å²) >= 11 is 3.42. The van der Waals surface area contributed by atoms with Crippen LogP contribution in [0.5, 0.6) is 0 Å². The van der Waals surface area contributed by atoms with Crippen molar-refractivity contribution in [1.29, 1.82) is 0 Å². The molecule has 0 unspecified atom stereocenters. The maximum atomic E-state index is 13.3. The minimum Gasteiger partial charge on any atom is -0.372 e. The van der Waals surface area contributed by atoms with E-state index < -0.39 is 0 Å². The molecule has 18 heavy (non-hydrogen) atoms. The number of hydrogen-bond donors (Lipinski definition) is 1. The number of nitrogens with zero attached hydrogens (tertiary/aromatic N) is 2. The van der Waals surface area contributed by atoms with Gasteiger partial charge in [0.25, 0.3) is 0 Å². The van der Waals surface area contributed by atoms with Crippen molar-refractivity contribution in [2.75, 3.05) is 12.4 Å². The quantitative estimate of drug-likeness (QED) is 0.919. The van der Waals surface area contributed by atoms with Crippen molar-refractivity contribution in [2.24, 2.45) is 0 Å². The fourth-order valence-electron chi connectivity index (χ4n) is 1.68. The number of nitrogens with one attached hydrogen (secondary N) is 1. The van der Waals surface area contributed by atoms with Crippen LogP contribution in [-0.2, 0) is 0 Å². The molecule has 1 aromatic carbocycles. The highest BCUT2D eigenvalue weighted by Crippen LogP contribution is 2.28. The van der Waals surface area contributed by atoms with Crippen LogP contribution in [0.3, 0.4) is 0 Å². The molecule has 5 heteroatoms. The van der Waals surface area contributed by atoms with E-state index in [1.165, 1.54) is 12.1 Å². The van der Waals surface area contributed by atoms with Crippen LogP contribution in [0.1, 0.15) is 11.3 Å². The first kappa shape index (κ1) is 13.0. The lowest BCUT2D eigenvalue weighted by atomic mass is 10.1. The van der Waals surface area contributed by atoms with E-state index in [-0.39, 0.29) is 5.82 Å². The molecule has 1 aromatic heterocycles. The zero-order valence-corrected chi connectivity index (χ0v) is 12.0. The molecule has 0 spiro atoms. The van der Waals surface area contributed by atoms with Crippen molar-refractivity contribution in [2.45, 2.75) is 13.8 Å². The molecule has 0 aliphatic rings. The van der Waals surface area contributed by atoms with Gasteiger partial charge in [-0.05, 0) is 47.5 Å². The van der Waals surface area contributed by atoms with Crippen LogP contribution in [0, 0.1) is 19.7 Å². The fourth-order valence-corrected chi connectivity index (χ4v) is 2.06. The smallest absolute Gasteiger partial charge is 0.162 e. The molecule has 0 saturated heterocycles. The Morgan fingerprint density at radius 1 is 1.22 bits per heavy atom. The van der Waals surface area contributed by atoms with Gasteiger partial charge < -0.3 is 5.32 Å². The maximum Gasteiger partial charge on any atom is 0.162 e. The van der Waals surface area contributed by atoms with Crippen LogP contribution in [0.25, 0.3) is 11.4 Å². The molecule has 0 fully saturated rings. The average molecular weight is 310 g/mol. The molecule has 2 rings (SSSR count). The Labute approximate surface area is 114 Å². The Balaban J connectivity index is 2.64. The molecule has 0 radical (unpaired) electrons. The first-order chi connectivity index (χ1) is 8.52. The van der Waals surface area contributed by atoms with E-state index in [0.29, 0.717) is 17.2 Å². The largest absolute Gasteiger partial charge is 0.372 e. The highest BCUT2D eigenvalue weighted by atomic mass is 79.9. The SMILES string of the molecule is CNc1nc(-c2cc(F)ccc2C)nc(C)c1Br. The summed E-state index contributed by atoms with van der Waals surface area (Å²) in [4.78, 5) is 8.78. The van der Waals surface area contributed by atoms with Gasteiger partial charge in [-0.1, -0.05) is 6.07 Å². The molecule has 0 aliphatic heterocycles. The Hall–Kier alpha value is -1.49. The van der Waals surface area contributed by atoms with Gasteiger partial charge in [0.15, 0.2) is 5.82 Å². The molecule has 0 atom stereocenters. The van der Waals surface area contributed by atoms with E-state index >= 15 is 0 Å². The third kappa shape index (κ3) is 2.36. The van der Waals surface area contributed by atoms with E-state index in [4.69, 9.17) is 0 Å². The number of aromatic nitrogens is 2. The summed E-state index contributed by atoms with van der Waals surface area (Å²) < 4.78 is 14.1. The monoisotopic (exact) mass is 309 g/mol. The molecular formula is C13H13BrFN3. The van der Waals surface area contributed by atoms with Crippen LogP contribution in [0.15, 0.2) is 22.7 Å². The van der Waals surface area contributed by atoms with Crippen molar-refractivity contribution in [3.05, 3.63) is 39.7 Å². The highest BCUT2D eigenvalue weighted by molar-refractivity contribution is 9.10. The summed E-state index contributed by atoms with van der Waals surface area (Å²) in [6.45, 7) is 3.79. The Morgan fingerprint density at radius 2 is 1.94 bits per heavy atom. The Morgan fingerprint density at radius 3 is 2.61 bits per heavy atom. The van der Waals surface area contributed by atoms with E-state index in [9.17, 15) is 4.39 Å². The van der Waals surface area contributed by atoms with E-state index in [2.05, 4.69) is 31.2 Å². The van der Waals surface area contributed by atoms with Crippen LogP contribution < -0.4 is 5.32 Å². The topological polar surface area (TPSA) is 37.8 Å². The number of anilines is 1. The lowest BCUT2D eigenvalue weighted by molar-refractivity contribution is 0.627. The van der Waals surface area contributed by atoms with Crippen LogP contribution in [0.2, 0.25) is 0 Å². The zero-order chi connectivity index (χ0) is 13.3. The summed E-state index contributed by atoms with van der Waals surface area (Å²) in [5, 5.41) is 2.99. The molecule has 0 aliphatic carbocycles. The van der Waals surface area contributed by atoms with Gasteiger partial charge >= 0.3 is 0 Å². The molecule has 0 amide bonds. The van der Waals surface area contributed by atoms with Gasteiger partial charge in [0.1, 0.15) is 11.6 Å². The number of halogens is 2. The number of benzene rings is 1. The third-order valence-electron chi connectivity index (χ3n) is 2.69. The van der Waals surface area contributed by atoms with Crippen molar-refractivity contribution < 1.29 is 4.39 Å². The summed E-state index contributed by atoms with van der Waals surface area (Å²) in [5.74, 6) is 0.934. The first-order valence-electron chi connectivity index (χ1n) is 5.51. The van der Waals surface area contributed by atoms with Crippen molar-refractivity contribution in [3.63, 3.8) is 0 Å². The Bertz CT molecular complexity index is 599.